The third kappa shape index (κ3) is 6.36. The SMILES string of the molecule is CC1CCN(CCc2cccc(NC(=O)C(C)Sc3ccccn3)c2)CC1. The number of pyridine rings is 1. The maximum Gasteiger partial charge on any atom is 0.237 e. The number of piperidine rings is 1. The Balaban J connectivity index is 1.50. The average molecular weight is 384 g/mol. The molecule has 1 aromatic carbocycles. The Bertz CT molecular complexity index is 729. The fraction of sp³-hybridized carbons (Fsp3) is 0.455. The predicted octanol–water partition coefficient (Wildman–Crippen LogP) is 4.48. The number of carbonyl (C=O) groups excluding carboxylic acids is 1. The predicted molar refractivity (Wildman–Crippen MR) is 113 cm³/mol. The largest absolute Gasteiger partial charge is 0.325 e. The van der Waals surface area contributed by atoms with Crippen molar-refractivity contribution in [3.8, 4) is 0 Å². The lowest BCUT2D eigenvalue weighted by molar-refractivity contribution is -0.115. The van der Waals surface area contributed by atoms with E-state index in [0.717, 1.165) is 29.6 Å². The van der Waals surface area contributed by atoms with Crippen LogP contribution >= 0.6 is 11.8 Å². The number of aromatic nitrogens is 1. The molecule has 27 heavy (non-hydrogen) atoms. The molecule has 0 radical (unpaired) electrons. The quantitative estimate of drug-likeness (QED) is 0.716. The number of nitrogens with zero attached hydrogens (tertiary/aromatic N) is 2. The zero-order chi connectivity index (χ0) is 19.1. The Kier molecular flexibility index (Phi) is 7.30. The van der Waals surface area contributed by atoms with Gasteiger partial charge in [-0.05, 0) is 75.0 Å². The van der Waals surface area contributed by atoms with Crippen LogP contribution in [-0.2, 0) is 11.2 Å². The Morgan fingerprint density at radius 2 is 2.07 bits per heavy atom. The molecule has 144 valence electrons. The van der Waals surface area contributed by atoms with Crippen molar-refractivity contribution in [2.75, 3.05) is 25.0 Å². The molecule has 3 rings (SSSR count). The summed E-state index contributed by atoms with van der Waals surface area (Å²) >= 11 is 1.47. The van der Waals surface area contributed by atoms with E-state index in [1.54, 1.807) is 6.20 Å². The first-order chi connectivity index (χ1) is 13.1. The van der Waals surface area contributed by atoms with Crippen molar-refractivity contribution in [2.45, 2.75) is 43.4 Å². The van der Waals surface area contributed by atoms with Crippen LogP contribution in [0, 0.1) is 5.92 Å². The van der Waals surface area contributed by atoms with Gasteiger partial charge < -0.3 is 10.2 Å². The van der Waals surface area contributed by atoms with Crippen LogP contribution in [0.4, 0.5) is 5.69 Å². The van der Waals surface area contributed by atoms with Crippen LogP contribution in [0.3, 0.4) is 0 Å². The van der Waals surface area contributed by atoms with Crippen LogP contribution in [0.25, 0.3) is 0 Å². The molecule has 1 fully saturated rings. The van der Waals surface area contributed by atoms with E-state index in [1.165, 1.54) is 43.3 Å². The molecule has 1 unspecified atom stereocenters. The van der Waals surface area contributed by atoms with Crippen molar-refractivity contribution in [1.29, 1.82) is 0 Å². The summed E-state index contributed by atoms with van der Waals surface area (Å²) in [5.41, 5.74) is 2.15. The van der Waals surface area contributed by atoms with Crippen LogP contribution in [0.2, 0.25) is 0 Å². The maximum absolute atomic E-state index is 12.5. The second-order valence-corrected chi connectivity index (χ2v) is 8.75. The van der Waals surface area contributed by atoms with Gasteiger partial charge in [-0.1, -0.05) is 36.9 Å². The number of rotatable bonds is 7. The normalized spacial score (nSPS) is 16.8. The monoisotopic (exact) mass is 383 g/mol. The van der Waals surface area contributed by atoms with Crippen LogP contribution < -0.4 is 5.32 Å². The number of nitrogens with one attached hydrogen (secondary N) is 1. The number of amides is 1. The van der Waals surface area contributed by atoms with Gasteiger partial charge in [0.15, 0.2) is 0 Å². The molecule has 1 amide bonds. The maximum atomic E-state index is 12.5. The smallest absolute Gasteiger partial charge is 0.237 e. The molecule has 4 nitrogen and oxygen atoms in total. The third-order valence-electron chi connectivity index (χ3n) is 5.09. The minimum Gasteiger partial charge on any atom is -0.325 e. The number of likely N-dealkylation sites (tertiary alicyclic amines) is 1. The number of hydrogen-bond donors (Lipinski definition) is 1. The third-order valence-corrected chi connectivity index (χ3v) is 6.14. The van der Waals surface area contributed by atoms with Crippen LogP contribution in [0.15, 0.2) is 53.7 Å². The first-order valence-electron chi connectivity index (χ1n) is 9.80. The van der Waals surface area contributed by atoms with E-state index in [2.05, 4.69) is 34.3 Å². The van der Waals surface area contributed by atoms with Gasteiger partial charge in [-0.3, -0.25) is 4.79 Å². The Morgan fingerprint density at radius 1 is 1.26 bits per heavy atom. The number of carbonyl (C=O) groups is 1. The second kappa shape index (κ2) is 9.90. The van der Waals surface area contributed by atoms with Gasteiger partial charge in [0, 0.05) is 18.4 Å². The number of anilines is 1. The minimum atomic E-state index is -0.195. The lowest BCUT2D eigenvalue weighted by Crippen LogP contribution is -2.34. The Hall–Kier alpha value is -1.85. The molecule has 5 heteroatoms. The van der Waals surface area contributed by atoms with Crippen LogP contribution in [-0.4, -0.2) is 40.7 Å². The van der Waals surface area contributed by atoms with Crippen molar-refractivity contribution < 1.29 is 4.79 Å². The molecular formula is C22H29N3OS. The molecule has 1 aromatic heterocycles. The zero-order valence-corrected chi connectivity index (χ0v) is 17.0. The van der Waals surface area contributed by atoms with Crippen LogP contribution in [0.1, 0.15) is 32.3 Å². The lowest BCUT2D eigenvalue weighted by Gasteiger charge is -2.30. The minimum absolute atomic E-state index is 0.00724. The summed E-state index contributed by atoms with van der Waals surface area (Å²) in [6.07, 6.45) is 5.39. The highest BCUT2D eigenvalue weighted by atomic mass is 32.2. The summed E-state index contributed by atoms with van der Waals surface area (Å²) in [4.78, 5) is 19.3. The molecule has 1 aliphatic rings. The van der Waals surface area contributed by atoms with Gasteiger partial charge in [-0.2, -0.15) is 0 Å². The van der Waals surface area contributed by atoms with Crippen molar-refractivity contribution in [3.05, 3.63) is 54.2 Å². The van der Waals surface area contributed by atoms with E-state index < -0.39 is 0 Å². The van der Waals surface area contributed by atoms with Crippen LogP contribution in [0.5, 0.6) is 0 Å². The molecule has 1 atom stereocenters. The molecule has 1 N–H and O–H groups in total. The lowest BCUT2D eigenvalue weighted by atomic mass is 9.99. The molecule has 0 aliphatic carbocycles. The molecule has 2 aromatic rings. The van der Waals surface area contributed by atoms with E-state index in [-0.39, 0.29) is 11.2 Å². The van der Waals surface area contributed by atoms with Crippen molar-refractivity contribution in [1.82, 2.24) is 9.88 Å². The van der Waals surface area contributed by atoms with E-state index in [4.69, 9.17) is 0 Å². The zero-order valence-electron chi connectivity index (χ0n) is 16.2. The fourth-order valence-electron chi connectivity index (χ4n) is 3.27. The Labute approximate surface area is 166 Å². The first kappa shape index (κ1) is 19.9. The average Bonchev–Trinajstić information content (AvgIpc) is 2.68. The van der Waals surface area contributed by atoms with Gasteiger partial charge in [0.05, 0.1) is 10.3 Å². The fourth-order valence-corrected chi connectivity index (χ4v) is 4.08. The standard InChI is InChI=1S/C22H29N3OS/c1-17-9-13-25(14-10-17)15-11-19-6-5-7-20(16-19)24-22(26)18(2)27-21-8-3-4-12-23-21/h3-8,12,16-18H,9-11,13-15H2,1-2H3,(H,24,26). The van der Waals surface area contributed by atoms with Crippen molar-refractivity contribution in [3.63, 3.8) is 0 Å². The summed E-state index contributed by atoms with van der Waals surface area (Å²) < 4.78 is 0. The topological polar surface area (TPSA) is 45.2 Å². The highest BCUT2D eigenvalue weighted by Gasteiger charge is 2.16. The highest BCUT2D eigenvalue weighted by molar-refractivity contribution is 8.00. The summed E-state index contributed by atoms with van der Waals surface area (Å²) in [6, 6.07) is 14.0. The number of benzene rings is 1. The summed E-state index contributed by atoms with van der Waals surface area (Å²) in [5.74, 6) is 0.874. The van der Waals surface area contributed by atoms with E-state index in [0.29, 0.717) is 0 Å². The van der Waals surface area contributed by atoms with Gasteiger partial charge in [-0.25, -0.2) is 4.98 Å². The molecule has 2 heterocycles. The molecule has 1 saturated heterocycles. The highest BCUT2D eigenvalue weighted by Crippen LogP contribution is 2.22. The van der Waals surface area contributed by atoms with Gasteiger partial charge in [0.2, 0.25) is 5.91 Å². The molecule has 0 spiro atoms. The second-order valence-electron chi connectivity index (χ2n) is 7.39. The van der Waals surface area contributed by atoms with Gasteiger partial charge >= 0.3 is 0 Å². The summed E-state index contributed by atoms with van der Waals surface area (Å²) in [7, 11) is 0. The molecule has 0 bridgehead atoms. The molecule has 1 aliphatic heterocycles. The number of hydrogen-bond acceptors (Lipinski definition) is 4. The number of thioether (sulfide) groups is 1. The van der Waals surface area contributed by atoms with E-state index >= 15 is 0 Å². The van der Waals surface area contributed by atoms with Gasteiger partial charge in [0.25, 0.3) is 0 Å². The summed E-state index contributed by atoms with van der Waals surface area (Å²) in [6.45, 7) is 7.77. The van der Waals surface area contributed by atoms with E-state index in [9.17, 15) is 4.79 Å². The first-order valence-corrected chi connectivity index (χ1v) is 10.7. The van der Waals surface area contributed by atoms with Gasteiger partial charge in [0.1, 0.15) is 0 Å². The summed E-state index contributed by atoms with van der Waals surface area (Å²) in [5, 5.41) is 3.71. The van der Waals surface area contributed by atoms with Crippen molar-refractivity contribution in [2.24, 2.45) is 5.92 Å². The Morgan fingerprint density at radius 3 is 2.81 bits per heavy atom. The molecule has 0 saturated carbocycles. The van der Waals surface area contributed by atoms with Crippen molar-refractivity contribution >= 4 is 23.4 Å². The molecular weight excluding hydrogens is 354 g/mol. The van der Waals surface area contributed by atoms with E-state index in [1.807, 2.05) is 37.3 Å². The van der Waals surface area contributed by atoms with Gasteiger partial charge in [-0.15, -0.1) is 0 Å².